The maximum absolute atomic E-state index is 12.4. The smallest absolute Gasteiger partial charge is 0.245 e. The van der Waals surface area contributed by atoms with Gasteiger partial charge in [0.2, 0.25) is 5.91 Å². The minimum atomic E-state index is -0.700. The van der Waals surface area contributed by atoms with E-state index >= 15 is 0 Å². The number of hydrogen-bond acceptors (Lipinski definition) is 5. The number of carbonyl (C=O) groups is 1. The average Bonchev–Trinajstić information content (AvgIpc) is 2.53. The van der Waals surface area contributed by atoms with Gasteiger partial charge in [-0.15, -0.1) is 0 Å². The van der Waals surface area contributed by atoms with Crippen LogP contribution in [-0.2, 0) is 19.0 Å². The van der Waals surface area contributed by atoms with E-state index in [4.69, 9.17) is 26.0 Å². The summed E-state index contributed by atoms with van der Waals surface area (Å²) in [7, 11) is 1.64. The molecule has 21 heavy (non-hydrogen) atoms. The quantitative estimate of drug-likeness (QED) is 0.475. The largest absolute Gasteiger partial charge is 0.382 e. The Labute approximate surface area is 132 Å². The van der Waals surface area contributed by atoms with E-state index in [0.717, 1.165) is 0 Å². The van der Waals surface area contributed by atoms with Crippen LogP contribution in [0.5, 0.6) is 0 Å². The van der Waals surface area contributed by atoms with Gasteiger partial charge < -0.3 is 19.1 Å². The Morgan fingerprint density at radius 2 is 1.52 bits per heavy atom. The van der Waals surface area contributed by atoms with Crippen molar-refractivity contribution >= 4 is 17.7 Å². The topological polar surface area (TPSA) is 51.2 Å². The summed E-state index contributed by atoms with van der Waals surface area (Å²) >= 11 is 6.29. The summed E-state index contributed by atoms with van der Waals surface area (Å²) in [5.74, 6) is 0.0162. The fraction of sp³-hybridized carbons (Fsp3) is 0.929. The second-order valence-electron chi connectivity index (χ2n) is 6.01. The lowest BCUT2D eigenvalue weighted by molar-refractivity contribution is -0.134. The van der Waals surface area contributed by atoms with Gasteiger partial charge in [-0.3, -0.25) is 4.79 Å². The third kappa shape index (κ3) is 4.29. The van der Waals surface area contributed by atoms with Crippen LogP contribution in [0.2, 0.25) is 0 Å². The molecule has 1 fully saturated rings. The van der Waals surface area contributed by atoms with Gasteiger partial charge in [-0.1, -0.05) is 0 Å². The number of ether oxygens (including phenoxy) is 3. The number of carbonyl (C=O) groups excluding carboxylic acids is 1. The number of methoxy groups -OCH3 is 1. The summed E-state index contributed by atoms with van der Waals surface area (Å²) in [6.07, 6.45) is 0. The van der Waals surface area contributed by atoms with Crippen LogP contribution in [0.3, 0.4) is 0 Å². The highest BCUT2D eigenvalue weighted by Gasteiger charge is 2.55. The number of halogens is 1. The predicted molar refractivity (Wildman–Crippen MR) is 81.1 cm³/mol. The zero-order chi connectivity index (χ0) is 16.1. The lowest BCUT2D eigenvalue weighted by Gasteiger charge is -2.35. The summed E-state index contributed by atoms with van der Waals surface area (Å²) < 4.78 is 17.3. The minimum absolute atomic E-state index is 0.0162. The first kappa shape index (κ1) is 18.6. The molecule has 0 aromatic rings. The van der Waals surface area contributed by atoms with Crippen LogP contribution in [-0.4, -0.2) is 73.1 Å². The molecule has 124 valence electrons. The van der Waals surface area contributed by atoms with E-state index in [9.17, 15) is 4.79 Å². The highest BCUT2D eigenvalue weighted by atomic mass is 35.5. The van der Waals surface area contributed by atoms with Gasteiger partial charge in [0.05, 0.1) is 33.0 Å². The van der Waals surface area contributed by atoms with Gasteiger partial charge in [-0.05, 0) is 39.5 Å². The van der Waals surface area contributed by atoms with Gasteiger partial charge in [0.1, 0.15) is 11.2 Å². The monoisotopic (exact) mass is 322 g/mol. The van der Waals surface area contributed by atoms with Crippen LogP contribution in [0, 0.1) is 0 Å². The van der Waals surface area contributed by atoms with Crippen molar-refractivity contribution in [2.45, 2.75) is 38.9 Å². The van der Waals surface area contributed by atoms with Crippen LogP contribution in [0.15, 0.2) is 0 Å². The summed E-state index contributed by atoms with van der Waals surface area (Å²) in [4.78, 5) is 14.2. The van der Waals surface area contributed by atoms with E-state index in [2.05, 4.69) is 0 Å². The molecular weight excluding hydrogens is 296 g/mol. The third-order valence-electron chi connectivity index (χ3n) is 3.66. The molecule has 0 spiro atoms. The number of rotatable bonds is 9. The van der Waals surface area contributed by atoms with Gasteiger partial charge in [-0.2, -0.15) is 4.42 Å². The zero-order valence-electron chi connectivity index (χ0n) is 13.6. The van der Waals surface area contributed by atoms with Crippen molar-refractivity contribution in [1.82, 2.24) is 9.32 Å². The van der Waals surface area contributed by atoms with Crippen molar-refractivity contribution < 1.29 is 19.0 Å². The van der Waals surface area contributed by atoms with Crippen molar-refractivity contribution in [2.75, 3.05) is 46.7 Å². The van der Waals surface area contributed by atoms with Crippen LogP contribution in [0.1, 0.15) is 27.7 Å². The number of hydrogen-bond donors (Lipinski definition) is 0. The highest BCUT2D eigenvalue weighted by Crippen LogP contribution is 2.39. The molecule has 1 aliphatic rings. The first-order chi connectivity index (χ1) is 9.76. The Morgan fingerprint density at radius 1 is 1.00 bits per heavy atom. The standard InChI is InChI=1S/C14H27ClN2O4/c1-13(2)12(18)16(14(3,4)17(13)15)6-7-20-10-11-21-9-8-19-5/h6-11H2,1-5H3. The second kappa shape index (κ2) is 7.74. The van der Waals surface area contributed by atoms with Crippen molar-refractivity contribution in [3.8, 4) is 0 Å². The molecule has 0 aliphatic carbocycles. The zero-order valence-corrected chi connectivity index (χ0v) is 14.4. The molecular formula is C14H27ClN2O4. The second-order valence-corrected chi connectivity index (χ2v) is 6.35. The molecule has 1 saturated heterocycles. The molecule has 0 saturated carbocycles. The van der Waals surface area contributed by atoms with Crippen LogP contribution in [0.25, 0.3) is 0 Å². The Kier molecular flexibility index (Phi) is 6.87. The van der Waals surface area contributed by atoms with E-state index in [1.165, 1.54) is 0 Å². The summed E-state index contributed by atoms with van der Waals surface area (Å²) in [5.41, 5.74) is -1.23. The average molecular weight is 323 g/mol. The maximum atomic E-state index is 12.4. The van der Waals surface area contributed by atoms with Gasteiger partial charge in [0.15, 0.2) is 0 Å². The Balaban J connectivity index is 2.30. The normalized spacial score (nSPS) is 21.2. The van der Waals surface area contributed by atoms with Gasteiger partial charge >= 0.3 is 0 Å². The molecule has 0 N–H and O–H groups in total. The summed E-state index contributed by atoms with van der Waals surface area (Å²) in [6.45, 7) is 10.7. The molecule has 6 nitrogen and oxygen atoms in total. The Morgan fingerprint density at radius 3 is 2.00 bits per heavy atom. The van der Waals surface area contributed by atoms with Crippen LogP contribution >= 0.6 is 11.8 Å². The van der Waals surface area contributed by atoms with Crippen molar-refractivity contribution in [3.63, 3.8) is 0 Å². The van der Waals surface area contributed by atoms with Crippen molar-refractivity contribution in [1.29, 1.82) is 0 Å². The summed E-state index contributed by atoms with van der Waals surface area (Å²) in [5, 5.41) is 0. The first-order valence-electron chi connectivity index (χ1n) is 7.19. The molecule has 1 heterocycles. The Bertz CT molecular complexity index is 350. The molecule has 0 aromatic heterocycles. The Hall–Kier alpha value is -0.400. The molecule has 0 radical (unpaired) electrons. The predicted octanol–water partition coefficient (Wildman–Crippen LogP) is 1.48. The molecule has 0 unspecified atom stereocenters. The molecule has 7 heteroatoms. The first-order valence-corrected chi connectivity index (χ1v) is 7.52. The number of amides is 1. The minimum Gasteiger partial charge on any atom is -0.382 e. The molecule has 0 atom stereocenters. The van der Waals surface area contributed by atoms with E-state index in [-0.39, 0.29) is 5.91 Å². The molecule has 1 rings (SSSR count). The van der Waals surface area contributed by atoms with Crippen molar-refractivity contribution in [2.24, 2.45) is 0 Å². The maximum Gasteiger partial charge on any atom is 0.245 e. The lowest BCUT2D eigenvalue weighted by atomic mass is 10.1. The highest BCUT2D eigenvalue weighted by molar-refractivity contribution is 6.17. The van der Waals surface area contributed by atoms with Gasteiger partial charge in [-0.25, -0.2) is 0 Å². The van der Waals surface area contributed by atoms with Crippen molar-refractivity contribution in [3.05, 3.63) is 0 Å². The van der Waals surface area contributed by atoms with Crippen LogP contribution < -0.4 is 0 Å². The fourth-order valence-corrected chi connectivity index (χ4v) is 2.61. The molecule has 0 aromatic carbocycles. The SMILES string of the molecule is COCCOCCOCCN1C(=O)C(C)(C)N(Cl)C1(C)C. The lowest BCUT2D eigenvalue weighted by Crippen LogP contribution is -2.47. The molecule has 0 bridgehead atoms. The summed E-state index contributed by atoms with van der Waals surface area (Å²) in [6, 6.07) is 0. The van der Waals surface area contributed by atoms with E-state index in [0.29, 0.717) is 39.6 Å². The van der Waals surface area contributed by atoms with Crippen LogP contribution in [0.4, 0.5) is 0 Å². The van der Waals surface area contributed by atoms with E-state index in [1.807, 2.05) is 27.7 Å². The van der Waals surface area contributed by atoms with E-state index < -0.39 is 11.2 Å². The fourth-order valence-electron chi connectivity index (χ4n) is 2.45. The molecule has 1 amide bonds. The van der Waals surface area contributed by atoms with E-state index in [1.54, 1.807) is 16.4 Å². The van der Waals surface area contributed by atoms with Gasteiger partial charge in [0.25, 0.3) is 0 Å². The van der Waals surface area contributed by atoms with Gasteiger partial charge in [0, 0.05) is 13.7 Å². The number of nitrogens with zero attached hydrogens (tertiary/aromatic N) is 2. The third-order valence-corrected chi connectivity index (χ3v) is 4.50. The molecule has 1 aliphatic heterocycles.